The molecule has 1 aromatic carbocycles. The van der Waals surface area contributed by atoms with E-state index in [0.717, 1.165) is 0 Å². The SMILES string of the molecule is CC(CNc1c(Cl)ccc(S(=O)O)c1Cl)C(=O)O. The van der Waals surface area contributed by atoms with Crippen molar-refractivity contribution in [3.63, 3.8) is 0 Å². The van der Waals surface area contributed by atoms with Gasteiger partial charge in [-0.25, -0.2) is 4.21 Å². The Kier molecular flexibility index (Phi) is 5.40. The summed E-state index contributed by atoms with van der Waals surface area (Å²) >= 11 is 9.59. The van der Waals surface area contributed by atoms with Gasteiger partial charge in [-0.1, -0.05) is 30.1 Å². The van der Waals surface area contributed by atoms with Crippen molar-refractivity contribution in [2.24, 2.45) is 5.92 Å². The molecule has 1 aromatic rings. The number of carbonyl (C=O) groups is 1. The summed E-state index contributed by atoms with van der Waals surface area (Å²) in [5.41, 5.74) is 0.256. The van der Waals surface area contributed by atoms with Crippen molar-refractivity contribution in [1.82, 2.24) is 0 Å². The number of benzene rings is 1. The van der Waals surface area contributed by atoms with Crippen LogP contribution in [-0.2, 0) is 15.9 Å². The fraction of sp³-hybridized carbons (Fsp3) is 0.300. The molecule has 2 atom stereocenters. The fourth-order valence-corrected chi connectivity index (χ4v) is 2.31. The van der Waals surface area contributed by atoms with Crippen molar-refractivity contribution in [1.29, 1.82) is 0 Å². The number of halogens is 2. The molecule has 8 heteroatoms. The Morgan fingerprint density at radius 1 is 1.50 bits per heavy atom. The number of carboxylic acids is 1. The molecule has 100 valence electrons. The first-order valence-electron chi connectivity index (χ1n) is 4.90. The van der Waals surface area contributed by atoms with Crippen LogP contribution in [0.15, 0.2) is 17.0 Å². The largest absolute Gasteiger partial charge is 0.481 e. The van der Waals surface area contributed by atoms with E-state index in [4.69, 9.17) is 32.9 Å². The van der Waals surface area contributed by atoms with E-state index in [1.54, 1.807) is 0 Å². The summed E-state index contributed by atoms with van der Waals surface area (Å²) in [6.07, 6.45) is 0. The van der Waals surface area contributed by atoms with Crippen molar-refractivity contribution in [2.45, 2.75) is 11.8 Å². The van der Waals surface area contributed by atoms with Gasteiger partial charge in [-0.2, -0.15) is 0 Å². The summed E-state index contributed by atoms with van der Waals surface area (Å²) in [6.45, 7) is 1.63. The highest BCUT2D eigenvalue weighted by molar-refractivity contribution is 7.79. The van der Waals surface area contributed by atoms with E-state index in [1.165, 1.54) is 19.1 Å². The van der Waals surface area contributed by atoms with Crippen LogP contribution in [0.4, 0.5) is 5.69 Å². The van der Waals surface area contributed by atoms with E-state index < -0.39 is 23.0 Å². The normalized spacial score (nSPS) is 14.0. The van der Waals surface area contributed by atoms with Crippen LogP contribution in [0.1, 0.15) is 6.92 Å². The van der Waals surface area contributed by atoms with E-state index in [-0.39, 0.29) is 27.2 Å². The minimum absolute atomic E-state index is 0.0147. The van der Waals surface area contributed by atoms with Gasteiger partial charge in [-0.3, -0.25) is 4.79 Å². The molecule has 0 aliphatic heterocycles. The molecule has 0 aliphatic carbocycles. The van der Waals surface area contributed by atoms with Gasteiger partial charge in [0, 0.05) is 6.54 Å². The third-order valence-corrected chi connectivity index (χ3v) is 3.79. The highest BCUT2D eigenvalue weighted by atomic mass is 35.5. The van der Waals surface area contributed by atoms with Crippen LogP contribution in [0.2, 0.25) is 10.0 Å². The topological polar surface area (TPSA) is 86.6 Å². The lowest BCUT2D eigenvalue weighted by molar-refractivity contribution is -0.140. The van der Waals surface area contributed by atoms with Crippen LogP contribution in [0.5, 0.6) is 0 Å². The average molecular weight is 312 g/mol. The number of hydrogen-bond acceptors (Lipinski definition) is 3. The van der Waals surface area contributed by atoms with E-state index in [2.05, 4.69) is 5.32 Å². The summed E-state index contributed by atoms with van der Waals surface area (Å²) in [6, 6.07) is 2.76. The molecular weight excluding hydrogens is 301 g/mol. The van der Waals surface area contributed by atoms with Crippen molar-refractivity contribution < 1.29 is 18.7 Å². The molecule has 3 N–H and O–H groups in total. The lowest BCUT2D eigenvalue weighted by Crippen LogP contribution is -2.20. The lowest BCUT2D eigenvalue weighted by Gasteiger charge is -2.14. The van der Waals surface area contributed by atoms with Crippen LogP contribution in [0.25, 0.3) is 0 Å². The summed E-state index contributed by atoms with van der Waals surface area (Å²) in [5.74, 6) is -1.60. The summed E-state index contributed by atoms with van der Waals surface area (Å²) < 4.78 is 20.0. The van der Waals surface area contributed by atoms with Gasteiger partial charge >= 0.3 is 5.97 Å². The first-order chi connectivity index (χ1) is 8.34. The Morgan fingerprint density at radius 3 is 2.61 bits per heavy atom. The van der Waals surface area contributed by atoms with Crippen LogP contribution in [-0.4, -0.2) is 26.4 Å². The van der Waals surface area contributed by atoms with Crippen LogP contribution in [0.3, 0.4) is 0 Å². The Balaban J connectivity index is 2.98. The quantitative estimate of drug-likeness (QED) is 0.728. The molecule has 0 bridgehead atoms. The second kappa shape index (κ2) is 6.38. The van der Waals surface area contributed by atoms with Gasteiger partial charge in [0.05, 0.1) is 26.5 Å². The first kappa shape index (κ1) is 15.2. The molecule has 0 amide bonds. The zero-order valence-electron chi connectivity index (χ0n) is 9.31. The number of rotatable bonds is 5. The van der Waals surface area contributed by atoms with E-state index >= 15 is 0 Å². The van der Waals surface area contributed by atoms with Gasteiger partial charge in [0.25, 0.3) is 0 Å². The lowest BCUT2D eigenvalue weighted by atomic mass is 10.2. The maximum absolute atomic E-state index is 11.0. The smallest absolute Gasteiger partial charge is 0.308 e. The second-order valence-electron chi connectivity index (χ2n) is 3.60. The maximum atomic E-state index is 11.0. The minimum atomic E-state index is -2.23. The molecule has 0 fully saturated rings. The van der Waals surface area contributed by atoms with Gasteiger partial charge < -0.3 is 15.0 Å². The molecule has 0 aliphatic rings. The molecule has 0 saturated carbocycles. The Morgan fingerprint density at radius 2 is 2.11 bits per heavy atom. The molecule has 5 nitrogen and oxygen atoms in total. The predicted molar refractivity (Wildman–Crippen MR) is 70.8 cm³/mol. The maximum Gasteiger partial charge on any atom is 0.308 e. The van der Waals surface area contributed by atoms with Gasteiger partial charge in [-0.05, 0) is 12.1 Å². The predicted octanol–water partition coefficient (Wildman–Crippen LogP) is 2.71. The van der Waals surface area contributed by atoms with Crippen molar-refractivity contribution >= 4 is 45.9 Å². The summed E-state index contributed by atoms with van der Waals surface area (Å²) in [7, 11) is 0. The number of nitrogens with one attached hydrogen (secondary N) is 1. The molecule has 18 heavy (non-hydrogen) atoms. The summed E-state index contributed by atoms with van der Waals surface area (Å²) in [4.78, 5) is 10.7. The number of carboxylic acid groups (broad SMARTS) is 1. The van der Waals surface area contributed by atoms with Crippen LogP contribution < -0.4 is 5.32 Å². The third kappa shape index (κ3) is 3.58. The standard InChI is InChI=1S/C10H11Cl2NO4S/c1-5(10(14)15)4-13-9-6(11)2-3-7(8(9)12)18(16)17/h2-3,5,13H,4H2,1H3,(H,14,15)(H,16,17). The van der Waals surface area contributed by atoms with Gasteiger partial charge in [0.15, 0.2) is 11.1 Å². The molecule has 2 unspecified atom stereocenters. The molecule has 1 rings (SSSR count). The third-order valence-electron chi connectivity index (χ3n) is 2.25. The molecule has 0 radical (unpaired) electrons. The average Bonchev–Trinajstić information content (AvgIpc) is 2.27. The Hall–Kier alpha value is -0.820. The van der Waals surface area contributed by atoms with Gasteiger partial charge in [0.1, 0.15) is 0 Å². The van der Waals surface area contributed by atoms with Crippen molar-refractivity contribution in [3.05, 3.63) is 22.2 Å². The molecule has 0 aromatic heterocycles. The van der Waals surface area contributed by atoms with Crippen LogP contribution in [0, 0.1) is 5.92 Å². The molecule has 0 heterocycles. The number of anilines is 1. The van der Waals surface area contributed by atoms with E-state index in [9.17, 15) is 9.00 Å². The highest BCUT2D eigenvalue weighted by Crippen LogP contribution is 2.34. The molecular formula is C10H11Cl2NO4S. The van der Waals surface area contributed by atoms with E-state index in [0.29, 0.717) is 0 Å². The Bertz CT molecular complexity index is 495. The number of hydrogen-bond donors (Lipinski definition) is 3. The zero-order valence-corrected chi connectivity index (χ0v) is 11.6. The molecule has 0 spiro atoms. The first-order valence-corrected chi connectivity index (χ1v) is 6.76. The van der Waals surface area contributed by atoms with Crippen molar-refractivity contribution in [2.75, 3.05) is 11.9 Å². The monoisotopic (exact) mass is 311 g/mol. The molecule has 0 saturated heterocycles. The Labute approximate surface area is 116 Å². The van der Waals surface area contributed by atoms with E-state index in [1.807, 2.05) is 0 Å². The van der Waals surface area contributed by atoms with Gasteiger partial charge in [0.2, 0.25) is 0 Å². The van der Waals surface area contributed by atoms with Crippen LogP contribution >= 0.6 is 23.2 Å². The zero-order chi connectivity index (χ0) is 13.9. The van der Waals surface area contributed by atoms with Gasteiger partial charge in [-0.15, -0.1) is 0 Å². The highest BCUT2D eigenvalue weighted by Gasteiger charge is 2.16. The minimum Gasteiger partial charge on any atom is -0.481 e. The summed E-state index contributed by atoms with van der Waals surface area (Å²) in [5, 5.41) is 11.8. The second-order valence-corrected chi connectivity index (χ2v) is 5.33. The fourth-order valence-electron chi connectivity index (χ4n) is 1.17. The number of aliphatic carboxylic acids is 1. The van der Waals surface area contributed by atoms with Crippen molar-refractivity contribution in [3.8, 4) is 0 Å².